The summed E-state index contributed by atoms with van der Waals surface area (Å²) in [5, 5.41) is 16.6. The number of hydrogen-bond acceptors (Lipinski definition) is 4. The van der Waals surface area contributed by atoms with Gasteiger partial charge in [0.2, 0.25) is 0 Å². The van der Waals surface area contributed by atoms with Crippen molar-refractivity contribution in [3.05, 3.63) is 24.2 Å². The summed E-state index contributed by atoms with van der Waals surface area (Å²) in [6.07, 6.45) is 9.83. The second-order valence-corrected chi connectivity index (χ2v) is 7.08. The van der Waals surface area contributed by atoms with Gasteiger partial charge in [0.1, 0.15) is 5.76 Å². The normalized spacial score (nSPS) is 26.8. The van der Waals surface area contributed by atoms with Crippen molar-refractivity contribution in [2.45, 2.75) is 69.6 Å². The van der Waals surface area contributed by atoms with Gasteiger partial charge >= 0.3 is 0 Å². The minimum absolute atomic E-state index is 0. The number of furan rings is 1. The van der Waals surface area contributed by atoms with Gasteiger partial charge in [0.15, 0.2) is 5.96 Å². The molecule has 0 bridgehead atoms. The van der Waals surface area contributed by atoms with Gasteiger partial charge in [-0.25, -0.2) is 0 Å². The van der Waals surface area contributed by atoms with Crippen LogP contribution in [-0.2, 0) is 11.2 Å². The molecule has 2 aliphatic rings. The van der Waals surface area contributed by atoms with Gasteiger partial charge in [-0.3, -0.25) is 4.99 Å². The van der Waals surface area contributed by atoms with Crippen LogP contribution in [0.4, 0.5) is 0 Å². The number of nitrogens with one attached hydrogen (secondary N) is 2. The summed E-state index contributed by atoms with van der Waals surface area (Å²) in [4.78, 5) is 4.76. The summed E-state index contributed by atoms with van der Waals surface area (Å²) in [5.41, 5.74) is 0. The number of guanidine groups is 1. The van der Waals surface area contributed by atoms with E-state index in [2.05, 4.69) is 10.6 Å². The highest BCUT2D eigenvalue weighted by Gasteiger charge is 2.20. The van der Waals surface area contributed by atoms with E-state index in [4.69, 9.17) is 14.1 Å². The predicted molar refractivity (Wildman–Crippen MR) is 113 cm³/mol. The second-order valence-electron chi connectivity index (χ2n) is 7.08. The lowest BCUT2D eigenvalue weighted by Crippen LogP contribution is -2.46. The molecule has 2 fully saturated rings. The number of hydrogen-bond donors (Lipinski definition) is 3. The van der Waals surface area contributed by atoms with Gasteiger partial charge in [-0.05, 0) is 57.1 Å². The van der Waals surface area contributed by atoms with Gasteiger partial charge in [-0.15, -0.1) is 24.0 Å². The fourth-order valence-electron chi connectivity index (χ4n) is 3.47. The number of ether oxygens (including phenoxy) is 1. The van der Waals surface area contributed by atoms with E-state index in [-0.39, 0.29) is 36.2 Å². The molecule has 148 valence electrons. The van der Waals surface area contributed by atoms with Crippen molar-refractivity contribution in [2.75, 3.05) is 19.7 Å². The van der Waals surface area contributed by atoms with Crippen molar-refractivity contribution in [1.82, 2.24) is 10.6 Å². The molecule has 0 amide bonds. The summed E-state index contributed by atoms with van der Waals surface area (Å²) >= 11 is 0. The maximum atomic E-state index is 9.68. The molecular weight excluding hydrogens is 445 g/mol. The van der Waals surface area contributed by atoms with Crippen LogP contribution in [0.25, 0.3) is 0 Å². The number of aliphatic hydroxyl groups is 1. The Morgan fingerprint density at radius 1 is 1.19 bits per heavy atom. The first kappa shape index (κ1) is 21.5. The largest absolute Gasteiger partial charge is 0.469 e. The molecule has 1 aromatic rings. The van der Waals surface area contributed by atoms with Crippen molar-refractivity contribution in [1.29, 1.82) is 0 Å². The molecule has 0 aromatic carbocycles. The van der Waals surface area contributed by atoms with Crippen LogP contribution in [0.1, 0.15) is 50.7 Å². The molecule has 26 heavy (non-hydrogen) atoms. The monoisotopic (exact) mass is 477 g/mol. The summed E-state index contributed by atoms with van der Waals surface area (Å²) < 4.78 is 11.2. The molecule has 1 atom stereocenters. The smallest absolute Gasteiger partial charge is 0.191 e. The van der Waals surface area contributed by atoms with Gasteiger partial charge < -0.3 is 24.9 Å². The Hall–Kier alpha value is -0.800. The second kappa shape index (κ2) is 11.8. The van der Waals surface area contributed by atoms with E-state index >= 15 is 0 Å². The van der Waals surface area contributed by atoms with Crippen LogP contribution in [0.15, 0.2) is 27.8 Å². The highest BCUT2D eigenvalue weighted by atomic mass is 127. The summed E-state index contributed by atoms with van der Waals surface area (Å²) in [5.74, 6) is 1.82. The minimum Gasteiger partial charge on any atom is -0.469 e. The van der Waals surface area contributed by atoms with Crippen LogP contribution in [0, 0.1) is 0 Å². The number of aliphatic imine (C=N–C) groups is 1. The Kier molecular flexibility index (Phi) is 9.77. The molecule has 0 radical (unpaired) electrons. The van der Waals surface area contributed by atoms with E-state index in [1.807, 2.05) is 12.1 Å². The van der Waals surface area contributed by atoms with Crippen molar-refractivity contribution in [3.63, 3.8) is 0 Å². The lowest BCUT2D eigenvalue weighted by Gasteiger charge is -2.28. The van der Waals surface area contributed by atoms with Crippen LogP contribution in [0.3, 0.4) is 0 Å². The van der Waals surface area contributed by atoms with Crippen LogP contribution in [0.5, 0.6) is 0 Å². The van der Waals surface area contributed by atoms with E-state index in [1.54, 1.807) is 6.26 Å². The summed E-state index contributed by atoms with van der Waals surface area (Å²) in [6, 6.07) is 4.28. The first-order valence-corrected chi connectivity index (χ1v) is 9.66. The first-order chi connectivity index (χ1) is 12.3. The number of aliphatic hydroxyl groups excluding tert-OH is 1. The van der Waals surface area contributed by atoms with Crippen LogP contribution >= 0.6 is 24.0 Å². The maximum absolute atomic E-state index is 9.68. The zero-order valence-electron chi connectivity index (χ0n) is 15.4. The first-order valence-electron chi connectivity index (χ1n) is 9.66. The van der Waals surface area contributed by atoms with Crippen LogP contribution in [0.2, 0.25) is 0 Å². The average molecular weight is 477 g/mol. The fourth-order valence-corrected chi connectivity index (χ4v) is 3.47. The minimum atomic E-state index is -0.138. The van der Waals surface area contributed by atoms with Crippen LogP contribution in [-0.4, -0.2) is 49.0 Å². The molecule has 1 unspecified atom stereocenters. The van der Waals surface area contributed by atoms with Crippen molar-refractivity contribution in [3.8, 4) is 0 Å². The van der Waals surface area contributed by atoms with E-state index in [9.17, 15) is 5.11 Å². The Bertz CT molecular complexity index is 510. The molecule has 1 aliphatic heterocycles. The Labute approximate surface area is 173 Å². The van der Waals surface area contributed by atoms with Crippen molar-refractivity contribution < 1.29 is 14.3 Å². The Morgan fingerprint density at radius 3 is 2.73 bits per heavy atom. The highest BCUT2D eigenvalue weighted by Crippen LogP contribution is 2.18. The number of nitrogens with zero attached hydrogens (tertiary/aromatic N) is 1. The molecule has 1 saturated heterocycles. The molecule has 1 aliphatic carbocycles. The topological polar surface area (TPSA) is 79.0 Å². The third-order valence-electron chi connectivity index (χ3n) is 5.01. The Balaban J connectivity index is 0.00000243. The molecule has 1 aromatic heterocycles. The lowest BCUT2D eigenvalue weighted by molar-refractivity contribution is 0.0224. The average Bonchev–Trinajstić information content (AvgIpc) is 3.16. The molecule has 3 rings (SSSR count). The van der Waals surface area contributed by atoms with Gasteiger partial charge in [-0.1, -0.05) is 0 Å². The quantitative estimate of drug-likeness (QED) is 0.334. The van der Waals surface area contributed by atoms with E-state index in [0.29, 0.717) is 12.6 Å². The summed E-state index contributed by atoms with van der Waals surface area (Å²) in [6.45, 7) is 2.33. The van der Waals surface area contributed by atoms with Crippen molar-refractivity contribution >= 4 is 29.9 Å². The van der Waals surface area contributed by atoms with Gasteiger partial charge in [0, 0.05) is 25.6 Å². The van der Waals surface area contributed by atoms with E-state index < -0.39 is 0 Å². The fraction of sp³-hybridized carbons (Fsp3) is 0.737. The zero-order chi connectivity index (χ0) is 17.3. The van der Waals surface area contributed by atoms with Crippen LogP contribution < -0.4 is 10.6 Å². The molecule has 2 heterocycles. The van der Waals surface area contributed by atoms with Gasteiger partial charge in [0.05, 0.1) is 25.0 Å². The molecule has 6 nitrogen and oxygen atoms in total. The lowest BCUT2D eigenvalue weighted by atomic mass is 9.93. The molecule has 7 heteroatoms. The van der Waals surface area contributed by atoms with E-state index in [0.717, 1.165) is 69.8 Å². The van der Waals surface area contributed by atoms with E-state index in [1.165, 1.54) is 6.42 Å². The van der Waals surface area contributed by atoms with Gasteiger partial charge in [-0.2, -0.15) is 0 Å². The zero-order valence-corrected chi connectivity index (χ0v) is 17.7. The third-order valence-corrected chi connectivity index (χ3v) is 5.01. The van der Waals surface area contributed by atoms with Gasteiger partial charge in [0.25, 0.3) is 0 Å². The SMILES string of the molecule is I.OC1CCC(NC(=NCC2CCCCO2)NCCc2ccco2)CC1. The number of halogens is 1. The molecule has 1 saturated carbocycles. The maximum Gasteiger partial charge on any atom is 0.191 e. The standard InChI is InChI=1S/C19H31N3O3.HI/c23-16-8-6-15(7-9-16)22-19(20-11-10-17-5-3-13-24-17)21-14-18-4-1-2-12-25-18;/h3,5,13,15-16,18,23H,1-2,4,6-12,14H2,(H2,20,21,22);1H. The molecule has 0 spiro atoms. The summed E-state index contributed by atoms with van der Waals surface area (Å²) in [7, 11) is 0. The molecule has 3 N–H and O–H groups in total. The number of rotatable bonds is 6. The molecular formula is C19H32IN3O3. The Morgan fingerprint density at radius 2 is 2.04 bits per heavy atom. The highest BCUT2D eigenvalue weighted by molar-refractivity contribution is 14.0. The third kappa shape index (κ3) is 7.44. The van der Waals surface area contributed by atoms with Crippen molar-refractivity contribution in [2.24, 2.45) is 4.99 Å². The predicted octanol–water partition coefficient (Wildman–Crippen LogP) is 2.85.